The van der Waals surface area contributed by atoms with E-state index in [4.69, 9.17) is 11.0 Å². The Morgan fingerprint density at radius 3 is 2.59 bits per heavy atom. The molecule has 2 aromatic rings. The molecule has 0 saturated heterocycles. The Labute approximate surface area is 157 Å². The summed E-state index contributed by atoms with van der Waals surface area (Å²) in [6, 6.07) is 10.9. The van der Waals surface area contributed by atoms with Gasteiger partial charge in [0.25, 0.3) is 5.82 Å². The number of halogens is 2. The number of aromatic nitrogens is 1. The van der Waals surface area contributed by atoms with Gasteiger partial charge in [-0.25, -0.2) is 4.98 Å². The molecule has 4 N–H and O–H groups in total. The molecular weight excluding hydrogens is 376 g/mol. The van der Waals surface area contributed by atoms with Crippen LogP contribution in [-0.4, -0.2) is 17.8 Å². The van der Waals surface area contributed by atoms with Gasteiger partial charge in [-0.05, 0) is 25.1 Å². The quantitative estimate of drug-likeness (QED) is 0.730. The Kier molecular flexibility index (Phi) is 6.52. The lowest BCUT2D eigenvalue weighted by atomic mass is 10.2. The number of alkyl halides is 2. The highest BCUT2D eigenvalue weighted by Crippen LogP contribution is 2.28. The van der Waals surface area contributed by atoms with Crippen LogP contribution in [0.1, 0.15) is 18.1 Å². The number of thioether (sulfide) groups is 1. The number of nitriles is 2. The van der Waals surface area contributed by atoms with E-state index in [0.29, 0.717) is 5.03 Å². The number of nitrogens with one attached hydrogen (secondary N) is 2. The van der Waals surface area contributed by atoms with Crippen molar-refractivity contribution in [1.82, 2.24) is 0 Å². The highest BCUT2D eigenvalue weighted by molar-refractivity contribution is 8.00. The summed E-state index contributed by atoms with van der Waals surface area (Å²) in [5.74, 6) is -0.585. The van der Waals surface area contributed by atoms with Gasteiger partial charge >= 0.3 is 6.61 Å². The number of pyridine rings is 1. The average Bonchev–Trinajstić information content (AvgIpc) is 2.63. The minimum absolute atomic E-state index is 0.0716. The van der Waals surface area contributed by atoms with Gasteiger partial charge < -0.3 is 10.1 Å². The van der Waals surface area contributed by atoms with Crippen LogP contribution in [0.25, 0.3) is 0 Å². The van der Waals surface area contributed by atoms with Crippen molar-refractivity contribution in [2.75, 3.05) is 11.1 Å². The Balaban J connectivity index is 2.17. The van der Waals surface area contributed by atoms with Gasteiger partial charge in [0, 0.05) is 0 Å². The number of nitrogens with two attached hydrogens (primary N) is 1. The van der Waals surface area contributed by atoms with E-state index in [2.05, 4.69) is 15.0 Å². The molecule has 0 saturated carbocycles. The van der Waals surface area contributed by atoms with Crippen molar-refractivity contribution in [1.29, 1.82) is 10.5 Å². The van der Waals surface area contributed by atoms with E-state index in [1.54, 1.807) is 13.0 Å². The van der Waals surface area contributed by atoms with Gasteiger partial charge in [-0.2, -0.15) is 19.3 Å². The van der Waals surface area contributed by atoms with Crippen molar-refractivity contribution < 1.29 is 23.3 Å². The summed E-state index contributed by atoms with van der Waals surface area (Å²) in [6.07, 6.45) is 0. The van der Waals surface area contributed by atoms with Gasteiger partial charge in [0.15, 0.2) is 5.03 Å². The number of rotatable bonds is 6. The van der Waals surface area contributed by atoms with Crippen LogP contribution in [0.15, 0.2) is 35.4 Å². The maximum atomic E-state index is 12.5. The number of anilines is 2. The highest BCUT2D eigenvalue weighted by Gasteiger charge is 2.22. The zero-order valence-corrected chi connectivity index (χ0v) is 14.8. The predicted octanol–water partition coefficient (Wildman–Crippen LogP) is 2.55. The molecule has 138 valence electrons. The van der Waals surface area contributed by atoms with E-state index >= 15 is 0 Å². The van der Waals surface area contributed by atoms with Crippen LogP contribution in [0.2, 0.25) is 0 Å². The lowest BCUT2D eigenvalue weighted by Gasteiger charge is -2.14. The van der Waals surface area contributed by atoms with E-state index in [1.807, 2.05) is 12.1 Å². The van der Waals surface area contributed by atoms with Crippen molar-refractivity contribution in [3.63, 3.8) is 0 Å². The Bertz CT molecular complexity index is 940. The van der Waals surface area contributed by atoms with Crippen LogP contribution < -0.4 is 20.8 Å². The number of aromatic amines is 1. The lowest BCUT2D eigenvalue weighted by Crippen LogP contribution is -2.25. The molecular formula is C17H14F2N5O2S+. The fraction of sp³-hybridized carbons (Fsp3) is 0.176. The molecule has 7 nitrogen and oxygen atoms in total. The number of carbonyl (C=O) groups excluding carboxylic acids is 1. The summed E-state index contributed by atoms with van der Waals surface area (Å²) in [7, 11) is 0. The van der Waals surface area contributed by atoms with Crippen LogP contribution in [0.3, 0.4) is 0 Å². The number of hydrogen-bond donors (Lipinski definition) is 2. The van der Waals surface area contributed by atoms with Crippen LogP contribution in [0.5, 0.6) is 5.75 Å². The predicted molar refractivity (Wildman–Crippen MR) is 93.9 cm³/mol. The van der Waals surface area contributed by atoms with Gasteiger partial charge in [-0.1, -0.05) is 23.9 Å². The fourth-order valence-corrected chi connectivity index (χ4v) is 2.97. The minimum atomic E-state index is -3.02. The summed E-state index contributed by atoms with van der Waals surface area (Å²) in [6.45, 7) is -1.45. The SMILES string of the molecule is C[C@H](Sc1[nH+]c(N)c(C#N)cc1C#N)C(=O)Nc1ccccc1OC(F)F. The first kappa shape index (κ1) is 19.9. The van der Waals surface area contributed by atoms with Crippen molar-refractivity contribution in [2.24, 2.45) is 0 Å². The Morgan fingerprint density at radius 2 is 1.96 bits per heavy atom. The molecule has 1 aromatic heterocycles. The third-order valence-corrected chi connectivity index (χ3v) is 4.46. The molecule has 1 aromatic carbocycles. The number of H-pyrrole nitrogens is 1. The molecule has 0 aliphatic carbocycles. The molecule has 27 heavy (non-hydrogen) atoms. The molecule has 0 spiro atoms. The van der Waals surface area contributed by atoms with Gasteiger partial charge in [0.2, 0.25) is 5.91 Å². The molecule has 2 rings (SSSR count). The second-order valence-electron chi connectivity index (χ2n) is 5.19. The smallest absolute Gasteiger partial charge is 0.387 e. The summed E-state index contributed by atoms with van der Waals surface area (Å²) in [4.78, 5) is 15.1. The topological polar surface area (TPSA) is 126 Å². The summed E-state index contributed by atoms with van der Waals surface area (Å²) in [5.41, 5.74) is 6.08. The Morgan fingerprint density at radius 1 is 1.30 bits per heavy atom. The molecule has 1 heterocycles. The van der Waals surface area contributed by atoms with E-state index in [-0.39, 0.29) is 28.4 Å². The minimum Gasteiger partial charge on any atom is -0.433 e. The molecule has 0 bridgehead atoms. The maximum Gasteiger partial charge on any atom is 0.387 e. The summed E-state index contributed by atoms with van der Waals surface area (Å²) < 4.78 is 29.3. The van der Waals surface area contributed by atoms with Crippen LogP contribution in [0, 0.1) is 22.7 Å². The third kappa shape index (κ3) is 5.06. The fourth-order valence-electron chi connectivity index (χ4n) is 2.05. The third-order valence-electron chi connectivity index (χ3n) is 3.34. The van der Waals surface area contributed by atoms with Gasteiger partial charge in [-0.3, -0.25) is 10.5 Å². The number of para-hydroxylation sites is 2. The average molecular weight is 390 g/mol. The standard InChI is InChI=1S/C17H13F2N5O2S/c1-9(27-16-11(8-21)6-10(7-20)14(22)24-16)15(25)23-12-4-2-3-5-13(12)26-17(18)19/h2-6,9,17H,1H3,(H2,22,24)(H,23,25)/p+1/t9-/m0/s1. The lowest BCUT2D eigenvalue weighted by molar-refractivity contribution is -0.410. The molecule has 0 aliphatic heterocycles. The number of nitrogen functional groups attached to an aromatic ring is 1. The normalized spacial score (nSPS) is 11.3. The molecule has 0 fully saturated rings. The molecule has 0 aliphatic rings. The van der Waals surface area contributed by atoms with Gasteiger partial charge in [0.05, 0.1) is 10.9 Å². The van der Waals surface area contributed by atoms with Crippen molar-refractivity contribution in [3.05, 3.63) is 41.5 Å². The van der Waals surface area contributed by atoms with Crippen LogP contribution >= 0.6 is 11.8 Å². The number of ether oxygens (including phenoxy) is 1. The number of nitrogens with zero attached hydrogens (tertiary/aromatic N) is 2. The molecule has 0 unspecified atom stereocenters. The first-order chi connectivity index (χ1) is 12.8. The number of amides is 1. The summed E-state index contributed by atoms with van der Waals surface area (Å²) in [5, 5.41) is 20.3. The molecule has 0 radical (unpaired) electrons. The zero-order valence-electron chi connectivity index (χ0n) is 14.0. The van der Waals surface area contributed by atoms with Crippen molar-refractivity contribution >= 4 is 29.2 Å². The highest BCUT2D eigenvalue weighted by atomic mass is 32.2. The van der Waals surface area contributed by atoms with Gasteiger partial charge in [-0.15, -0.1) is 0 Å². The number of carbonyl (C=O) groups is 1. The largest absolute Gasteiger partial charge is 0.433 e. The Hall–Kier alpha value is -3.37. The van der Waals surface area contributed by atoms with E-state index in [1.165, 1.54) is 24.3 Å². The van der Waals surface area contributed by atoms with Crippen LogP contribution in [-0.2, 0) is 4.79 Å². The zero-order chi connectivity index (χ0) is 20.0. The van der Waals surface area contributed by atoms with E-state index in [0.717, 1.165) is 11.8 Å². The first-order valence-electron chi connectivity index (χ1n) is 7.53. The van der Waals surface area contributed by atoms with E-state index in [9.17, 15) is 18.8 Å². The number of hydrogen-bond acceptors (Lipinski definition) is 6. The van der Waals surface area contributed by atoms with E-state index < -0.39 is 17.8 Å². The summed E-state index contributed by atoms with van der Waals surface area (Å²) >= 11 is 1.01. The second kappa shape index (κ2) is 8.83. The molecule has 1 amide bonds. The van der Waals surface area contributed by atoms with Crippen molar-refractivity contribution in [2.45, 2.75) is 23.8 Å². The number of benzene rings is 1. The monoisotopic (exact) mass is 390 g/mol. The molecule has 10 heteroatoms. The first-order valence-corrected chi connectivity index (χ1v) is 8.41. The molecule has 1 atom stereocenters. The second-order valence-corrected chi connectivity index (χ2v) is 6.54. The van der Waals surface area contributed by atoms with Gasteiger partial charge in [0.1, 0.15) is 29.0 Å². The van der Waals surface area contributed by atoms with Crippen LogP contribution in [0.4, 0.5) is 20.3 Å². The maximum absolute atomic E-state index is 12.5. The van der Waals surface area contributed by atoms with Crippen molar-refractivity contribution in [3.8, 4) is 17.9 Å².